The molecule has 0 saturated heterocycles. The quantitative estimate of drug-likeness (QED) is 0.102. The number of ether oxygens (including phenoxy) is 4. The molecule has 11 nitrogen and oxygen atoms in total. The molecule has 0 spiro atoms. The summed E-state index contributed by atoms with van der Waals surface area (Å²) in [4.78, 5) is 34.3. The molecular formula is C22H21N3O8. The van der Waals surface area contributed by atoms with Gasteiger partial charge in [-0.1, -0.05) is 6.07 Å². The molecule has 2 aromatic rings. The predicted octanol–water partition coefficient (Wildman–Crippen LogP) is 2.26. The lowest BCUT2D eigenvalue weighted by Gasteiger charge is -2.11. The van der Waals surface area contributed by atoms with E-state index < -0.39 is 23.4 Å². The number of hydrogen-bond donors (Lipinski definition) is 1. The van der Waals surface area contributed by atoms with Crippen molar-refractivity contribution in [3.8, 4) is 23.3 Å². The highest BCUT2D eigenvalue weighted by molar-refractivity contribution is 6.01. The van der Waals surface area contributed by atoms with Crippen molar-refractivity contribution in [3.63, 3.8) is 0 Å². The van der Waals surface area contributed by atoms with Gasteiger partial charge in [0.25, 0.3) is 11.6 Å². The van der Waals surface area contributed by atoms with Gasteiger partial charge in [-0.15, -0.1) is 0 Å². The highest BCUT2D eigenvalue weighted by Crippen LogP contribution is 2.29. The van der Waals surface area contributed by atoms with Crippen LogP contribution in [0.4, 0.5) is 5.69 Å². The third-order valence-electron chi connectivity index (χ3n) is 4.08. The van der Waals surface area contributed by atoms with Crippen LogP contribution in [0, 0.1) is 21.4 Å². The van der Waals surface area contributed by atoms with Gasteiger partial charge in [-0.05, 0) is 35.9 Å². The number of amides is 1. The number of hydrogen-bond acceptors (Lipinski definition) is 9. The van der Waals surface area contributed by atoms with Gasteiger partial charge in [0, 0.05) is 25.8 Å². The average Bonchev–Trinajstić information content (AvgIpc) is 2.82. The molecule has 0 aliphatic heterocycles. The third kappa shape index (κ3) is 7.64. The second-order valence-corrected chi connectivity index (χ2v) is 6.34. The number of carbonyl (C=O) groups excluding carboxylic acids is 2. The Kier molecular flexibility index (Phi) is 9.36. The van der Waals surface area contributed by atoms with Gasteiger partial charge < -0.3 is 24.3 Å². The Balaban J connectivity index is 2.03. The summed E-state index contributed by atoms with van der Waals surface area (Å²) in [6.07, 6.45) is 1.37. The second kappa shape index (κ2) is 12.4. The van der Waals surface area contributed by atoms with E-state index in [1.54, 1.807) is 6.07 Å². The molecule has 0 fully saturated rings. The number of nitro groups is 1. The number of esters is 1. The number of nitro benzene ring substituents is 1. The SMILES string of the molecule is COCCNC(=O)/C(C#N)=C/c1ccc(OC(=O)COc2ccc([N+](=O)[O-])cc2)c(OC)c1. The first-order chi connectivity index (χ1) is 15.9. The van der Waals surface area contributed by atoms with E-state index >= 15 is 0 Å². The lowest BCUT2D eigenvalue weighted by molar-refractivity contribution is -0.384. The Morgan fingerprint density at radius 1 is 1.15 bits per heavy atom. The van der Waals surface area contributed by atoms with Gasteiger partial charge in [0.05, 0.1) is 18.6 Å². The van der Waals surface area contributed by atoms with Crippen molar-refractivity contribution in [2.75, 3.05) is 34.0 Å². The van der Waals surface area contributed by atoms with Crippen LogP contribution in [0.1, 0.15) is 5.56 Å². The molecule has 1 N–H and O–H groups in total. The molecule has 11 heteroatoms. The number of nitrogens with one attached hydrogen (secondary N) is 1. The van der Waals surface area contributed by atoms with Crippen LogP contribution in [0.2, 0.25) is 0 Å². The van der Waals surface area contributed by atoms with Crippen molar-refractivity contribution in [1.82, 2.24) is 5.32 Å². The van der Waals surface area contributed by atoms with Crippen molar-refractivity contribution in [1.29, 1.82) is 5.26 Å². The summed E-state index contributed by atoms with van der Waals surface area (Å²) in [5, 5.41) is 22.5. The summed E-state index contributed by atoms with van der Waals surface area (Å²) in [5.74, 6) is -0.713. The minimum atomic E-state index is -0.731. The zero-order valence-electron chi connectivity index (χ0n) is 17.9. The number of non-ortho nitro benzene ring substituents is 1. The van der Waals surface area contributed by atoms with E-state index in [-0.39, 0.29) is 35.1 Å². The molecule has 2 aromatic carbocycles. The van der Waals surface area contributed by atoms with Gasteiger partial charge >= 0.3 is 5.97 Å². The zero-order chi connectivity index (χ0) is 24.2. The van der Waals surface area contributed by atoms with Gasteiger partial charge in [-0.3, -0.25) is 14.9 Å². The van der Waals surface area contributed by atoms with E-state index in [9.17, 15) is 25.0 Å². The largest absolute Gasteiger partial charge is 0.493 e. The standard InChI is InChI=1S/C22H21N3O8/c1-30-10-9-24-22(27)16(13-23)11-15-3-8-19(20(12-15)31-2)33-21(26)14-32-18-6-4-17(5-7-18)25(28)29/h3-8,11-12H,9-10,14H2,1-2H3,(H,24,27)/b16-11+. The molecule has 0 bridgehead atoms. The molecular weight excluding hydrogens is 434 g/mol. The Bertz CT molecular complexity index is 1070. The average molecular weight is 455 g/mol. The zero-order valence-corrected chi connectivity index (χ0v) is 17.9. The highest BCUT2D eigenvalue weighted by Gasteiger charge is 2.14. The van der Waals surface area contributed by atoms with Crippen molar-refractivity contribution < 1.29 is 33.5 Å². The van der Waals surface area contributed by atoms with Gasteiger partial charge in [0.15, 0.2) is 18.1 Å². The first-order valence-corrected chi connectivity index (χ1v) is 9.52. The Hall–Kier alpha value is -4.43. The Morgan fingerprint density at radius 2 is 1.88 bits per heavy atom. The lowest BCUT2D eigenvalue weighted by atomic mass is 10.1. The van der Waals surface area contributed by atoms with Gasteiger partial charge in [0.1, 0.15) is 17.4 Å². The van der Waals surface area contributed by atoms with Crippen LogP contribution >= 0.6 is 0 Å². The molecule has 1 amide bonds. The molecule has 0 aliphatic rings. The summed E-state index contributed by atoms with van der Waals surface area (Å²) >= 11 is 0. The highest BCUT2D eigenvalue weighted by atomic mass is 16.6. The van der Waals surface area contributed by atoms with Crippen LogP contribution in [-0.2, 0) is 14.3 Å². The van der Waals surface area contributed by atoms with Crippen molar-refractivity contribution in [2.24, 2.45) is 0 Å². The lowest BCUT2D eigenvalue weighted by Crippen LogP contribution is -2.27. The van der Waals surface area contributed by atoms with Crippen molar-refractivity contribution in [3.05, 3.63) is 63.7 Å². The number of rotatable bonds is 11. The number of carbonyl (C=O) groups is 2. The van der Waals surface area contributed by atoms with Crippen LogP contribution in [0.25, 0.3) is 6.08 Å². The number of methoxy groups -OCH3 is 2. The molecule has 172 valence electrons. The van der Waals surface area contributed by atoms with E-state index in [4.69, 9.17) is 18.9 Å². The summed E-state index contributed by atoms with van der Waals surface area (Å²) in [5.41, 5.74) is 0.262. The minimum Gasteiger partial charge on any atom is -0.493 e. The van der Waals surface area contributed by atoms with Gasteiger partial charge in [-0.2, -0.15) is 5.26 Å². The molecule has 0 saturated carbocycles. The van der Waals surface area contributed by atoms with E-state index in [1.807, 2.05) is 6.07 Å². The number of nitrogens with zero attached hydrogens (tertiary/aromatic N) is 2. The van der Waals surface area contributed by atoms with E-state index in [2.05, 4.69) is 5.32 Å². The van der Waals surface area contributed by atoms with Gasteiger partial charge in [0.2, 0.25) is 0 Å². The van der Waals surface area contributed by atoms with Crippen LogP contribution in [0.3, 0.4) is 0 Å². The van der Waals surface area contributed by atoms with Crippen LogP contribution in [0.15, 0.2) is 48.0 Å². The minimum absolute atomic E-state index is 0.101. The molecule has 2 rings (SSSR count). The number of benzene rings is 2. The summed E-state index contributed by atoms with van der Waals surface area (Å²) in [6, 6.07) is 11.6. The Labute approximate surface area is 189 Å². The molecule has 0 aliphatic carbocycles. The smallest absolute Gasteiger partial charge is 0.349 e. The maximum absolute atomic E-state index is 12.1. The van der Waals surface area contributed by atoms with E-state index in [1.165, 1.54) is 56.7 Å². The third-order valence-corrected chi connectivity index (χ3v) is 4.08. The van der Waals surface area contributed by atoms with Crippen molar-refractivity contribution >= 4 is 23.6 Å². The van der Waals surface area contributed by atoms with Crippen molar-refractivity contribution in [2.45, 2.75) is 0 Å². The monoisotopic (exact) mass is 455 g/mol. The maximum Gasteiger partial charge on any atom is 0.349 e. The van der Waals surface area contributed by atoms with Crippen LogP contribution < -0.4 is 19.5 Å². The number of nitriles is 1. The van der Waals surface area contributed by atoms with E-state index in [0.29, 0.717) is 12.2 Å². The molecule has 0 unspecified atom stereocenters. The molecule has 0 radical (unpaired) electrons. The summed E-state index contributed by atoms with van der Waals surface area (Å²) in [6.45, 7) is 0.129. The molecule has 0 aromatic heterocycles. The first kappa shape index (κ1) is 24.8. The van der Waals surface area contributed by atoms with Gasteiger partial charge in [-0.25, -0.2) is 4.79 Å². The summed E-state index contributed by atoms with van der Waals surface area (Å²) in [7, 11) is 2.87. The second-order valence-electron chi connectivity index (χ2n) is 6.34. The van der Waals surface area contributed by atoms with Crippen LogP contribution in [-0.4, -0.2) is 50.8 Å². The first-order valence-electron chi connectivity index (χ1n) is 9.52. The molecule has 0 atom stereocenters. The fourth-order valence-corrected chi connectivity index (χ4v) is 2.49. The fraction of sp³-hybridized carbons (Fsp3) is 0.227. The molecule has 33 heavy (non-hydrogen) atoms. The van der Waals surface area contributed by atoms with E-state index in [0.717, 1.165) is 0 Å². The molecule has 0 heterocycles. The maximum atomic E-state index is 12.1. The summed E-state index contributed by atoms with van der Waals surface area (Å²) < 4.78 is 20.6. The van der Waals surface area contributed by atoms with Crippen LogP contribution in [0.5, 0.6) is 17.2 Å². The normalized spacial score (nSPS) is 10.6. The Morgan fingerprint density at radius 3 is 2.48 bits per heavy atom. The predicted molar refractivity (Wildman–Crippen MR) is 116 cm³/mol. The topological polar surface area (TPSA) is 150 Å². The fourth-order valence-electron chi connectivity index (χ4n) is 2.49.